The first-order valence-corrected chi connectivity index (χ1v) is 32.8. The van der Waals surface area contributed by atoms with Gasteiger partial charge in [-0.15, -0.1) is 23.2 Å². The molecule has 11 atom stereocenters. The molecule has 6 aliphatic rings. The zero-order valence-corrected chi connectivity index (χ0v) is 59.6. The average molecular weight is 1410 g/mol. The quantitative estimate of drug-likeness (QED) is 0.0299. The van der Waals surface area contributed by atoms with Crippen molar-refractivity contribution in [3.8, 4) is 0 Å². The van der Waals surface area contributed by atoms with Crippen molar-refractivity contribution in [3.05, 3.63) is 143 Å². The van der Waals surface area contributed by atoms with Crippen LogP contribution in [-0.2, 0) is 33.4 Å². The minimum atomic E-state index is -1.00. The van der Waals surface area contributed by atoms with Gasteiger partial charge in [0.25, 0.3) is 0 Å². The number of aliphatic hydroxyl groups excluding tert-OH is 2. The molecular formula is C70H105AlCl3F5LiN4NaO9. The van der Waals surface area contributed by atoms with Crippen LogP contribution in [0, 0.1) is 39.5 Å². The number of benzene rings is 4. The predicted molar refractivity (Wildman–Crippen MR) is 364 cm³/mol. The third-order valence-corrected chi connectivity index (χ3v) is 19.5. The Morgan fingerprint density at radius 3 is 1.59 bits per heavy atom. The summed E-state index contributed by atoms with van der Waals surface area (Å²) in [5.41, 5.74) is 1.87. The molecular weight excluding hydrogens is 1300 g/mol. The van der Waals surface area contributed by atoms with E-state index in [2.05, 4.69) is 10.6 Å². The molecule has 94 heavy (non-hydrogen) atoms. The van der Waals surface area contributed by atoms with E-state index >= 15 is 0 Å². The first kappa shape index (κ1) is 89.4. The van der Waals surface area contributed by atoms with Gasteiger partial charge in [-0.2, -0.15) is 0 Å². The van der Waals surface area contributed by atoms with Gasteiger partial charge in [0.15, 0.2) is 17.4 Å². The van der Waals surface area contributed by atoms with Crippen LogP contribution in [0.2, 0.25) is 0 Å². The van der Waals surface area contributed by atoms with Crippen molar-refractivity contribution in [1.29, 1.82) is 0 Å². The number of amides is 2. The Balaban J connectivity index is -0.00000111. The first-order chi connectivity index (χ1) is 43.5. The van der Waals surface area contributed by atoms with Gasteiger partial charge in [0.2, 0.25) is 17.1 Å². The fourth-order valence-electron chi connectivity index (χ4n) is 11.4. The summed E-state index contributed by atoms with van der Waals surface area (Å²) in [5.74, 6) is -0.596. The summed E-state index contributed by atoms with van der Waals surface area (Å²) < 4.78 is 84.2. The standard InChI is InChI=1S/C17H23ClFNO2.C17H22FNO2.C13H16FNO2.C11H14FNO.C6H10Cl2O.C4H8O.CH3F.CH4.Al.Li.Na.5H/c1-3-17(2,11-18)16(22)20-14(10-21)7-8-15(20)12-5-4-6-13(19)9-12;1-3-17(2)11-21-10-14-7-8-15(19(14)16(17)20)12-5-4-6-13(18)9-12;1-2-17-13(16)12-7-6-11(15-12)9-4-3-5-10(14)8-9;12-9-3-1-2-8(6-9)11-5-4-10(7-14)13-11;1-3-6(2,4-7)5(8)9;1-2-4-5-3-1;1-2;;;;;;;;;/h4-6,9,14-15,21H,3,7-8,10-11H2,1-2H3;4-6,9,14-15H,3,7-8,10-11H2,1-2H3;3-5,8,11-12,15H,2,6-7H2,1H3;1-3,6,10-11,13-14H,4-5,7H2;3-4H2,1-2H3;1-4H2;1H3;1H4;;;;;;;;/q;;;;;;;;;2*+1;;;;2*-1/t2*14-,15+,17?;11-,12+;10-,11+;;;;;;;;;;;;/m1101............/s1/i;;;;;;1D;;;;;;;;;. The molecule has 6 saturated heterocycles. The Hall–Kier alpha value is -2.63. The van der Waals surface area contributed by atoms with Crippen LogP contribution in [-0.4, -0.2) is 150 Å². The van der Waals surface area contributed by atoms with Crippen molar-refractivity contribution in [1.82, 2.24) is 20.4 Å². The van der Waals surface area contributed by atoms with Crippen molar-refractivity contribution >= 4 is 75.2 Å². The molecule has 24 heteroatoms. The normalized spacial score (nSPS) is 24.4. The van der Waals surface area contributed by atoms with Crippen molar-refractivity contribution in [2.75, 3.05) is 65.2 Å². The average Bonchev–Trinajstić information content (AvgIpc) is 1.67. The number of hydrogen-bond donors (Lipinski definition) is 4. The molecule has 0 aromatic heterocycles. The van der Waals surface area contributed by atoms with Crippen molar-refractivity contribution < 1.29 is 118 Å². The Bertz CT molecular complexity index is 2870. The van der Waals surface area contributed by atoms with E-state index in [1.165, 1.54) is 49.2 Å². The van der Waals surface area contributed by atoms with Crippen LogP contribution in [0.25, 0.3) is 0 Å². The van der Waals surface area contributed by atoms with Crippen molar-refractivity contribution in [2.45, 2.75) is 188 Å². The van der Waals surface area contributed by atoms with E-state index in [0.29, 0.717) is 45.0 Å². The number of alkyl halides is 3. The second-order valence-corrected chi connectivity index (χ2v) is 25.1. The second kappa shape index (κ2) is 46.7. The molecule has 4 aromatic rings. The van der Waals surface area contributed by atoms with Gasteiger partial charge in [-0.3, -0.25) is 28.9 Å². The number of halogens is 8. The van der Waals surface area contributed by atoms with Gasteiger partial charge in [0.1, 0.15) is 29.3 Å². The molecule has 2 amide bonds. The maximum atomic E-state index is 13.5. The van der Waals surface area contributed by atoms with Gasteiger partial charge in [-0.25, -0.2) is 17.6 Å². The number of carbonyl (C=O) groups is 4. The smallest absolute Gasteiger partial charge is 1.00 e. The monoisotopic (exact) mass is 1400 g/mol. The summed E-state index contributed by atoms with van der Waals surface area (Å²) in [6, 6.07) is 25.9. The van der Waals surface area contributed by atoms with Crippen LogP contribution >= 0.6 is 34.8 Å². The number of likely N-dealkylation sites (tertiary alicyclic amines) is 1. The number of nitrogens with zero attached hydrogens (tertiary/aromatic N) is 2. The minimum absolute atomic E-state index is 0. The Morgan fingerprint density at radius 1 is 0.713 bits per heavy atom. The number of carbonyl (C=O) groups excluding carboxylic acids is 4. The molecule has 10 rings (SSSR count). The molecule has 0 saturated carbocycles. The van der Waals surface area contributed by atoms with Crippen LogP contribution in [0.5, 0.6) is 0 Å². The third kappa shape index (κ3) is 26.8. The molecule has 6 fully saturated rings. The second-order valence-electron chi connectivity index (χ2n) is 24.2. The van der Waals surface area contributed by atoms with E-state index in [1.807, 2.05) is 63.8 Å². The third-order valence-electron chi connectivity index (χ3n) is 17.8. The van der Waals surface area contributed by atoms with Gasteiger partial charge < -0.3 is 42.4 Å². The van der Waals surface area contributed by atoms with Gasteiger partial charge in [-0.05, 0) is 187 Å². The summed E-state index contributed by atoms with van der Waals surface area (Å²) >= 11 is 16.8. The van der Waals surface area contributed by atoms with E-state index in [1.54, 1.807) is 55.1 Å². The van der Waals surface area contributed by atoms with E-state index in [9.17, 15) is 46.2 Å². The Labute approximate surface area is 620 Å². The molecule has 3 unspecified atom stereocenters. The number of ether oxygens (including phenoxy) is 3. The van der Waals surface area contributed by atoms with E-state index in [0.717, 1.165) is 86.8 Å². The van der Waals surface area contributed by atoms with Crippen LogP contribution in [0.4, 0.5) is 22.0 Å². The van der Waals surface area contributed by atoms with Gasteiger partial charge in [0.05, 0.1) is 82.0 Å². The van der Waals surface area contributed by atoms with E-state index in [-0.39, 0.29) is 190 Å². The number of esters is 1. The molecule has 4 N–H and O–H groups in total. The topological polar surface area (TPSA) is 167 Å². The molecule has 13 nitrogen and oxygen atoms in total. The summed E-state index contributed by atoms with van der Waals surface area (Å²) in [7, 11) is -1.00. The molecule has 6 heterocycles. The first-order valence-electron chi connectivity index (χ1n) is 32.1. The SMILES string of the molecule is C.C1CCOC1.CCC(C)(CCl)C(=O)Cl.CCC(C)(CCl)C(=O)N1[C@@H](CO)CC[C@H]1c1cccc(F)c1.CCC1(C)COC[C@H]2CC[C@@H](c3cccc(F)c3)N2C1=O.CCOC(=O)[C@H]1CC[C@@H](c2cccc(F)c2)N1.OC[C@H]1CC[C@@H](c2cccc(F)c2)N1.[2H]CF.[AlH3].[H-].[H-].[Li+].[Na+]. The predicted octanol–water partition coefficient (Wildman–Crippen LogP) is 8.08. The molecule has 0 aliphatic carbocycles. The molecule has 0 radical (unpaired) electrons. The molecule has 4 aromatic carbocycles. The Morgan fingerprint density at radius 2 is 1.18 bits per heavy atom. The van der Waals surface area contributed by atoms with Crippen molar-refractivity contribution in [3.63, 3.8) is 0 Å². The van der Waals surface area contributed by atoms with E-state index < -0.39 is 23.4 Å². The summed E-state index contributed by atoms with van der Waals surface area (Å²) in [6.07, 6.45) is 11.4. The number of hydrogen-bond acceptors (Lipinski definition) is 11. The number of nitrogens with one attached hydrogen (secondary N) is 2. The largest absolute Gasteiger partial charge is 1.00 e. The van der Waals surface area contributed by atoms with Crippen LogP contribution < -0.4 is 59.1 Å². The molecule has 6 aliphatic heterocycles. The molecule has 0 bridgehead atoms. The summed E-state index contributed by atoms with van der Waals surface area (Å²) in [5, 5.41) is 24.7. The zero-order chi connectivity index (χ0) is 67.3. The molecule has 0 spiro atoms. The summed E-state index contributed by atoms with van der Waals surface area (Å²) in [4.78, 5) is 51.8. The fraction of sp³-hybridized carbons (Fsp3) is 0.600. The Kier molecular flexibility index (Phi) is 44.4. The van der Waals surface area contributed by atoms with E-state index in [4.69, 9.17) is 55.5 Å². The fourth-order valence-corrected chi connectivity index (χ4v) is 12.3. The van der Waals surface area contributed by atoms with Crippen LogP contribution in [0.15, 0.2) is 97.1 Å². The maximum Gasteiger partial charge on any atom is 1.00 e. The zero-order valence-electron chi connectivity index (χ0n) is 58.3. The minimum Gasteiger partial charge on any atom is -1.00 e. The van der Waals surface area contributed by atoms with Crippen LogP contribution in [0.3, 0.4) is 0 Å². The number of rotatable bonds is 15. The van der Waals surface area contributed by atoms with Crippen molar-refractivity contribution in [2.24, 2.45) is 16.2 Å². The van der Waals surface area contributed by atoms with Gasteiger partial charge in [0, 0.05) is 43.1 Å². The number of aliphatic hydroxyl groups is 2. The van der Waals surface area contributed by atoms with Crippen LogP contribution in [0.1, 0.15) is 190 Å². The summed E-state index contributed by atoms with van der Waals surface area (Å²) in [6.45, 7) is 16.7. The van der Waals surface area contributed by atoms with Gasteiger partial charge in [-0.1, -0.05) is 83.7 Å². The number of fused-ring (bicyclic) bond motifs is 1. The van der Waals surface area contributed by atoms with Gasteiger partial charge >= 0.3 is 54.4 Å². The molecule has 520 valence electrons. The maximum absolute atomic E-state index is 13.5.